The van der Waals surface area contributed by atoms with E-state index < -0.39 is 0 Å². The SMILES string of the molecule is CC(C)=C1C2C=CC1C=C2. The quantitative estimate of drug-likeness (QED) is 0.444. The zero-order valence-electron chi connectivity index (χ0n) is 6.46. The summed E-state index contributed by atoms with van der Waals surface area (Å²) < 4.78 is 0. The van der Waals surface area contributed by atoms with Crippen LogP contribution in [0.3, 0.4) is 0 Å². The molecule has 2 rings (SSSR count). The Morgan fingerprint density at radius 2 is 1.40 bits per heavy atom. The minimum Gasteiger partial charge on any atom is -0.0766 e. The second-order valence-electron chi connectivity index (χ2n) is 3.28. The van der Waals surface area contributed by atoms with Gasteiger partial charge in [0.25, 0.3) is 0 Å². The number of hydrogen-bond acceptors (Lipinski definition) is 0. The molecule has 0 aromatic carbocycles. The van der Waals surface area contributed by atoms with Gasteiger partial charge in [0.05, 0.1) is 0 Å². The molecule has 0 fully saturated rings. The van der Waals surface area contributed by atoms with Gasteiger partial charge in [0.1, 0.15) is 0 Å². The highest BCUT2D eigenvalue weighted by Crippen LogP contribution is 2.39. The lowest BCUT2D eigenvalue weighted by atomic mass is 9.99. The van der Waals surface area contributed by atoms with Crippen LogP contribution in [-0.4, -0.2) is 0 Å². The van der Waals surface area contributed by atoms with Crippen LogP contribution in [0.25, 0.3) is 0 Å². The van der Waals surface area contributed by atoms with Gasteiger partial charge in [-0.1, -0.05) is 35.5 Å². The summed E-state index contributed by atoms with van der Waals surface area (Å²) in [4.78, 5) is 0. The molecular formula is C10H12. The molecule has 0 spiro atoms. The molecule has 0 N–H and O–H groups in total. The summed E-state index contributed by atoms with van der Waals surface area (Å²) in [5, 5.41) is 0. The maximum atomic E-state index is 2.30. The van der Waals surface area contributed by atoms with Crippen molar-refractivity contribution in [3.05, 3.63) is 35.5 Å². The molecular weight excluding hydrogens is 120 g/mol. The van der Waals surface area contributed by atoms with Crippen molar-refractivity contribution in [1.82, 2.24) is 0 Å². The maximum absolute atomic E-state index is 2.30. The number of hydrogen-bond donors (Lipinski definition) is 0. The first-order valence-corrected chi connectivity index (χ1v) is 3.83. The Hall–Kier alpha value is -0.780. The van der Waals surface area contributed by atoms with E-state index in [2.05, 4.69) is 38.2 Å². The summed E-state index contributed by atoms with van der Waals surface area (Å²) >= 11 is 0. The molecule has 0 amide bonds. The van der Waals surface area contributed by atoms with Crippen molar-refractivity contribution in [3.8, 4) is 0 Å². The van der Waals surface area contributed by atoms with E-state index in [1.165, 1.54) is 5.57 Å². The molecule has 2 aliphatic carbocycles. The average Bonchev–Trinajstić information content (AvgIpc) is 2.43. The Balaban J connectivity index is 2.43. The standard InChI is InChI=1S/C10H12/c1-7(2)10-8-3-4-9(10)6-5-8/h3-6,8-9H,1-2H3. The van der Waals surface area contributed by atoms with Gasteiger partial charge in [-0.3, -0.25) is 0 Å². The molecule has 0 aromatic heterocycles. The van der Waals surface area contributed by atoms with E-state index in [-0.39, 0.29) is 0 Å². The van der Waals surface area contributed by atoms with Gasteiger partial charge in [0.15, 0.2) is 0 Å². The molecule has 0 nitrogen and oxygen atoms in total. The minimum atomic E-state index is 0.648. The number of allylic oxidation sites excluding steroid dienone is 6. The summed E-state index contributed by atoms with van der Waals surface area (Å²) in [5.74, 6) is 1.30. The topological polar surface area (TPSA) is 0 Å². The van der Waals surface area contributed by atoms with Crippen LogP contribution in [-0.2, 0) is 0 Å². The third-order valence-electron chi connectivity index (χ3n) is 2.35. The van der Waals surface area contributed by atoms with Crippen LogP contribution >= 0.6 is 0 Å². The van der Waals surface area contributed by atoms with Gasteiger partial charge in [-0.2, -0.15) is 0 Å². The fraction of sp³-hybridized carbons (Fsp3) is 0.400. The van der Waals surface area contributed by atoms with Gasteiger partial charge < -0.3 is 0 Å². The van der Waals surface area contributed by atoms with Crippen LogP contribution in [0, 0.1) is 11.8 Å². The molecule has 2 aliphatic rings. The van der Waals surface area contributed by atoms with Crippen molar-refractivity contribution in [1.29, 1.82) is 0 Å². The Kier molecular flexibility index (Phi) is 1.10. The Labute approximate surface area is 61.9 Å². The molecule has 0 aliphatic heterocycles. The second kappa shape index (κ2) is 1.85. The van der Waals surface area contributed by atoms with Gasteiger partial charge >= 0.3 is 0 Å². The first-order chi connectivity index (χ1) is 4.79. The zero-order valence-corrected chi connectivity index (χ0v) is 6.46. The highest BCUT2D eigenvalue weighted by molar-refractivity contribution is 5.43. The molecule has 10 heavy (non-hydrogen) atoms. The molecule has 0 saturated heterocycles. The fourth-order valence-corrected chi connectivity index (χ4v) is 1.91. The lowest BCUT2D eigenvalue weighted by Gasteiger charge is -2.06. The van der Waals surface area contributed by atoms with Gasteiger partial charge in [-0.05, 0) is 13.8 Å². The smallest absolute Gasteiger partial charge is 0.0169 e. The van der Waals surface area contributed by atoms with E-state index in [1.807, 2.05) is 0 Å². The molecule has 0 unspecified atom stereocenters. The Bertz CT molecular complexity index is 205. The summed E-state index contributed by atoms with van der Waals surface area (Å²) in [6.45, 7) is 4.41. The van der Waals surface area contributed by atoms with Gasteiger partial charge in [-0.25, -0.2) is 0 Å². The van der Waals surface area contributed by atoms with Gasteiger partial charge in [-0.15, -0.1) is 0 Å². The van der Waals surface area contributed by atoms with Crippen molar-refractivity contribution >= 4 is 0 Å². The molecule has 0 aromatic rings. The summed E-state index contributed by atoms with van der Waals surface area (Å²) in [7, 11) is 0. The summed E-state index contributed by atoms with van der Waals surface area (Å²) in [6.07, 6.45) is 9.19. The van der Waals surface area contributed by atoms with Crippen molar-refractivity contribution < 1.29 is 0 Å². The Morgan fingerprint density at radius 1 is 1.00 bits per heavy atom. The van der Waals surface area contributed by atoms with Crippen LogP contribution < -0.4 is 0 Å². The first kappa shape index (κ1) is 5.96. The monoisotopic (exact) mass is 132 g/mol. The van der Waals surface area contributed by atoms with Crippen molar-refractivity contribution in [3.63, 3.8) is 0 Å². The largest absolute Gasteiger partial charge is 0.0766 e. The number of fused-ring (bicyclic) bond motifs is 2. The van der Waals surface area contributed by atoms with E-state index in [9.17, 15) is 0 Å². The van der Waals surface area contributed by atoms with E-state index in [0.29, 0.717) is 11.8 Å². The normalized spacial score (nSPS) is 34.0. The lowest BCUT2D eigenvalue weighted by molar-refractivity contribution is 0.924. The lowest BCUT2D eigenvalue weighted by Crippen LogP contribution is -1.93. The highest BCUT2D eigenvalue weighted by Gasteiger charge is 2.26. The second-order valence-corrected chi connectivity index (χ2v) is 3.28. The Morgan fingerprint density at radius 3 is 1.60 bits per heavy atom. The molecule has 2 bridgehead atoms. The van der Waals surface area contributed by atoms with Crippen LogP contribution in [0.1, 0.15) is 13.8 Å². The predicted octanol–water partition coefficient (Wildman–Crippen LogP) is 2.69. The van der Waals surface area contributed by atoms with Crippen molar-refractivity contribution in [2.24, 2.45) is 11.8 Å². The van der Waals surface area contributed by atoms with E-state index >= 15 is 0 Å². The van der Waals surface area contributed by atoms with Crippen molar-refractivity contribution in [2.75, 3.05) is 0 Å². The third-order valence-corrected chi connectivity index (χ3v) is 2.35. The van der Waals surface area contributed by atoms with Crippen LogP contribution in [0.15, 0.2) is 35.5 Å². The van der Waals surface area contributed by atoms with Gasteiger partial charge in [0.2, 0.25) is 0 Å². The molecule has 0 radical (unpaired) electrons. The molecule has 0 saturated carbocycles. The predicted molar refractivity (Wildman–Crippen MR) is 43.6 cm³/mol. The van der Waals surface area contributed by atoms with Crippen LogP contribution in [0.4, 0.5) is 0 Å². The molecule has 0 atom stereocenters. The average molecular weight is 132 g/mol. The van der Waals surface area contributed by atoms with Crippen molar-refractivity contribution in [2.45, 2.75) is 13.8 Å². The first-order valence-electron chi connectivity index (χ1n) is 3.83. The minimum absolute atomic E-state index is 0.648. The summed E-state index contributed by atoms with van der Waals surface area (Å²) in [6, 6.07) is 0. The van der Waals surface area contributed by atoms with Crippen LogP contribution in [0.5, 0.6) is 0 Å². The van der Waals surface area contributed by atoms with Crippen LogP contribution in [0.2, 0.25) is 0 Å². The van der Waals surface area contributed by atoms with Gasteiger partial charge in [0, 0.05) is 11.8 Å². The zero-order chi connectivity index (χ0) is 7.14. The fourth-order valence-electron chi connectivity index (χ4n) is 1.91. The number of rotatable bonds is 0. The summed E-state index contributed by atoms with van der Waals surface area (Å²) in [5.41, 5.74) is 3.10. The molecule has 0 heteroatoms. The third kappa shape index (κ3) is 0.620. The molecule has 52 valence electrons. The maximum Gasteiger partial charge on any atom is 0.0169 e. The van der Waals surface area contributed by atoms with E-state index in [0.717, 1.165) is 0 Å². The highest BCUT2D eigenvalue weighted by atomic mass is 14.3. The van der Waals surface area contributed by atoms with E-state index in [1.54, 1.807) is 5.57 Å². The molecule has 0 heterocycles. The van der Waals surface area contributed by atoms with E-state index in [4.69, 9.17) is 0 Å².